The Hall–Kier alpha value is -0.340. The van der Waals surface area contributed by atoms with Crippen molar-refractivity contribution in [2.45, 2.75) is 64.3 Å². The molecule has 21 heavy (non-hydrogen) atoms. The molecule has 1 aromatic heterocycles. The Morgan fingerprint density at radius 3 is 2.05 bits per heavy atom. The van der Waals surface area contributed by atoms with Crippen molar-refractivity contribution >= 4 is 11.3 Å². The molecule has 2 heteroatoms. The van der Waals surface area contributed by atoms with E-state index in [1.807, 2.05) is 11.3 Å². The fourth-order valence-corrected chi connectivity index (χ4v) is 6.80. The van der Waals surface area contributed by atoms with Gasteiger partial charge >= 0.3 is 0 Å². The SMILES string of the molecule is CC(C)(C)c1ccc(C(N)C2C3CC4CC(C3)CC2C4)s1. The second-order valence-electron chi connectivity index (χ2n) is 8.99. The Morgan fingerprint density at radius 2 is 1.57 bits per heavy atom. The summed E-state index contributed by atoms with van der Waals surface area (Å²) in [7, 11) is 0. The largest absolute Gasteiger partial charge is 0.323 e. The molecular formula is C19H29NS. The lowest BCUT2D eigenvalue weighted by atomic mass is 9.50. The van der Waals surface area contributed by atoms with Crippen LogP contribution < -0.4 is 5.73 Å². The van der Waals surface area contributed by atoms with Gasteiger partial charge < -0.3 is 5.73 Å². The fraction of sp³-hybridized carbons (Fsp3) is 0.789. The first-order valence-electron chi connectivity index (χ1n) is 8.77. The first-order valence-corrected chi connectivity index (χ1v) is 9.59. The second-order valence-corrected chi connectivity index (χ2v) is 10.1. The van der Waals surface area contributed by atoms with E-state index >= 15 is 0 Å². The van der Waals surface area contributed by atoms with Crippen LogP contribution in [0.2, 0.25) is 0 Å². The molecule has 1 atom stereocenters. The molecule has 4 aliphatic carbocycles. The summed E-state index contributed by atoms with van der Waals surface area (Å²) in [5.41, 5.74) is 7.04. The van der Waals surface area contributed by atoms with Crippen LogP contribution in [0.3, 0.4) is 0 Å². The predicted molar refractivity (Wildman–Crippen MR) is 90.5 cm³/mol. The van der Waals surface area contributed by atoms with Gasteiger partial charge in [0.25, 0.3) is 0 Å². The summed E-state index contributed by atoms with van der Waals surface area (Å²) in [4.78, 5) is 2.93. The van der Waals surface area contributed by atoms with Crippen LogP contribution in [0.1, 0.15) is 68.7 Å². The van der Waals surface area contributed by atoms with Gasteiger partial charge in [-0.1, -0.05) is 20.8 Å². The Kier molecular flexibility index (Phi) is 3.28. The predicted octanol–water partition coefficient (Wildman–Crippen LogP) is 5.12. The summed E-state index contributed by atoms with van der Waals surface area (Å²) in [5, 5.41) is 0. The first-order chi connectivity index (χ1) is 9.91. The van der Waals surface area contributed by atoms with Gasteiger partial charge in [0.2, 0.25) is 0 Å². The lowest BCUT2D eigenvalue weighted by Gasteiger charge is -2.55. The molecule has 1 aromatic rings. The van der Waals surface area contributed by atoms with Crippen molar-refractivity contribution in [3.63, 3.8) is 0 Å². The highest BCUT2D eigenvalue weighted by Crippen LogP contribution is 2.59. The summed E-state index contributed by atoms with van der Waals surface area (Å²) >= 11 is 1.97. The van der Waals surface area contributed by atoms with Crippen LogP contribution in [-0.2, 0) is 5.41 Å². The van der Waals surface area contributed by atoms with Crippen molar-refractivity contribution in [1.82, 2.24) is 0 Å². The highest BCUT2D eigenvalue weighted by molar-refractivity contribution is 7.12. The molecule has 0 radical (unpaired) electrons. The number of thiophene rings is 1. The summed E-state index contributed by atoms with van der Waals surface area (Å²) in [5.74, 6) is 4.71. The molecule has 1 heterocycles. The summed E-state index contributed by atoms with van der Waals surface area (Å²) in [6, 6.07) is 4.93. The van der Waals surface area contributed by atoms with Gasteiger partial charge in [0, 0.05) is 15.8 Å². The van der Waals surface area contributed by atoms with Crippen molar-refractivity contribution in [3.8, 4) is 0 Å². The Morgan fingerprint density at radius 1 is 1.00 bits per heavy atom. The summed E-state index contributed by atoms with van der Waals surface area (Å²) < 4.78 is 0. The lowest BCUT2D eigenvalue weighted by molar-refractivity contribution is -0.0467. The van der Waals surface area contributed by atoms with Crippen molar-refractivity contribution in [3.05, 3.63) is 21.9 Å². The van der Waals surface area contributed by atoms with E-state index in [9.17, 15) is 0 Å². The Labute approximate surface area is 133 Å². The highest BCUT2D eigenvalue weighted by atomic mass is 32.1. The molecule has 116 valence electrons. The molecule has 5 rings (SSSR count). The van der Waals surface area contributed by atoms with E-state index in [4.69, 9.17) is 5.73 Å². The van der Waals surface area contributed by atoms with Crippen LogP contribution >= 0.6 is 11.3 Å². The van der Waals surface area contributed by atoms with Crippen LogP contribution in [0.15, 0.2) is 12.1 Å². The quantitative estimate of drug-likeness (QED) is 0.806. The third-order valence-electron chi connectivity index (χ3n) is 6.41. The average Bonchev–Trinajstić information content (AvgIpc) is 2.86. The third kappa shape index (κ3) is 2.39. The number of nitrogens with two attached hydrogens (primary N) is 1. The van der Waals surface area contributed by atoms with E-state index in [1.54, 1.807) is 0 Å². The molecule has 4 fully saturated rings. The molecule has 0 amide bonds. The van der Waals surface area contributed by atoms with Gasteiger partial charge in [0.15, 0.2) is 0 Å². The van der Waals surface area contributed by atoms with Crippen molar-refractivity contribution < 1.29 is 0 Å². The van der Waals surface area contributed by atoms with Crippen LogP contribution in [0.5, 0.6) is 0 Å². The van der Waals surface area contributed by atoms with E-state index in [-0.39, 0.29) is 5.41 Å². The maximum absolute atomic E-state index is 6.79. The minimum absolute atomic E-state index is 0.257. The Balaban J connectivity index is 1.57. The van der Waals surface area contributed by atoms with Crippen LogP contribution in [-0.4, -0.2) is 0 Å². The Bertz CT molecular complexity index is 496. The molecule has 1 nitrogen and oxygen atoms in total. The second kappa shape index (κ2) is 4.83. The minimum Gasteiger partial charge on any atom is -0.323 e. The highest BCUT2D eigenvalue weighted by Gasteiger charge is 2.50. The first kappa shape index (κ1) is 14.3. The monoisotopic (exact) mass is 303 g/mol. The van der Waals surface area contributed by atoms with Crippen molar-refractivity contribution in [2.75, 3.05) is 0 Å². The molecule has 4 saturated carbocycles. The molecular weight excluding hydrogens is 274 g/mol. The van der Waals surface area contributed by atoms with Gasteiger partial charge in [0.05, 0.1) is 0 Å². The molecule has 0 saturated heterocycles. The molecule has 4 bridgehead atoms. The maximum Gasteiger partial charge on any atom is 0.0423 e. The minimum atomic E-state index is 0.257. The smallest absolute Gasteiger partial charge is 0.0423 e. The average molecular weight is 304 g/mol. The topological polar surface area (TPSA) is 26.0 Å². The maximum atomic E-state index is 6.79. The van der Waals surface area contributed by atoms with E-state index in [0.29, 0.717) is 6.04 Å². The standard InChI is InChI=1S/C19H29NS/c1-19(2,3)16-5-4-15(21-16)18(20)17-13-7-11-6-12(9-13)10-14(17)8-11/h4-5,11-14,17-18H,6-10,20H2,1-3H3. The third-order valence-corrected chi connectivity index (χ3v) is 8.02. The van der Waals surface area contributed by atoms with Gasteiger partial charge in [-0.15, -0.1) is 11.3 Å². The molecule has 1 unspecified atom stereocenters. The van der Waals surface area contributed by atoms with Gasteiger partial charge in [-0.25, -0.2) is 0 Å². The van der Waals surface area contributed by atoms with Crippen molar-refractivity contribution in [2.24, 2.45) is 35.3 Å². The lowest BCUT2D eigenvalue weighted by Crippen LogP contribution is -2.48. The normalized spacial score (nSPS) is 39.7. The van der Waals surface area contributed by atoms with Gasteiger partial charge in [-0.2, -0.15) is 0 Å². The van der Waals surface area contributed by atoms with Crippen LogP contribution in [0.25, 0.3) is 0 Å². The van der Waals surface area contributed by atoms with Crippen LogP contribution in [0.4, 0.5) is 0 Å². The molecule has 0 spiro atoms. The van der Waals surface area contributed by atoms with Crippen molar-refractivity contribution in [1.29, 1.82) is 0 Å². The molecule has 4 aliphatic rings. The zero-order chi connectivity index (χ0) is 14.8. The molecule has 0 aromatic carbocycles. The number of hydrogen-bond acceptors (Lipinski definition) is 2. The molecule has 0 aliphatic heterocycles. The van der Waals surface area contributed by atoms with Gasteiger partial charge in [-0.3, -0.25) is 0 Å². The zero-order valence-electron chi connectivity index (χ0n) is 13.6. The number of hydrogen-bond donors (Lipinski definition) is 1. The molecule has 2 N–H and O–H groups in total. The van der Waals surface area contributed by atoms with E-state index < -0.39 is 0 Å². The van der Waals surface area contributed by atoms with Gasteiger partial charge in [0.1, 0.15) is 0 Å². The van der Waals surface area contributed by atoms with E-state index in [2.05, 4.69) is 32.9 Å². The zero-order valence-corrected chi connectivity index (χ0v) is 14.5. The fourth-order valence-electron chi connectivity index (χ4n) is 5.68. The van der Waals surface area contributed by atoms with Gasteiger partial charge in [-0.05, 0) is 79.2 Å². The number of rotatable bonds is 2. The van der Waals surface area contributed by atoms with Crippen LogP contribution in [0, 0.1) is 29.6 Å². The van der Waals surface area contributed by atoms with E-state index in [0.717, 1.165) is 29.6 Å². The summed E-state index contributed by atoms with van der Waals surface area (Å²) in [6.07, 6.45) is 7.43. The van der Waals surface area contributed by atoms with E-state index in [1.165, 1.54) is 41.9 Å². The summed E-state index contributed by atoms with van der Waals surface area (Å²) in [6.45, 7) is 6.91.